The first-order valence-corrected chi connectivity index (χ1v) is 4.75. The number of guanidine groups is 1. The molecule has 0 aromatic carbocycles. The highest BCUT2D eigenvalue weighted by molar-refractivity contribution is 5.91. The van der Waals surface area contributed by atoms with Gasteiger partial charge in [-0.15, -0.1) is 0 Å². The zero-order chi connectivity index (χ0) is 12.6. The SMILES string of the molecule is C=CC(=O)N[C@@H](CCCN=C(N)N)C(N)=O. The minimum atomic E-state index is -0.723. The zero-order valence-electron chi connectivity index (χ0n) is 8.98. The maximum Gasteiger partial charge on any atom is 0.244 e. The molecule has 1 atom stereocenters. The smallest absolute Gasteiger partial charge is 0.244 e. The van der Waals surface area contributed by atoms with Crippen molar-refractivity contribution in [2.75, 3.05) is 6.54 Å². The highest BCUT2D eigenvalue weighted by atomic mass is 16.2. The third-order valence-electron chi connectivity index (χ3n) is 1.79. The van der Waals surface area contributed by atoms with Gasteiger partial charge in [-0.3, -0.25) is 14.6 Å². The van der Waals surface area contributed by atoms with E-state index in [2.05, 4.69) is 16.9 Å². The third kappa shape index (κ3) is 6.41. The number of carbonyl (C=O) groups excluding carboxylic acids is 2. The van der Waals surface area contributed by atoms with Gasteiger partial charge in [0.15, 0.2) is 5.96 Å². The van der Waals surface area contributed by atoms with Gasteiger partial charge >= 0.3 is 0 Å². The van der Waals surface area contributed by atoms with Gasteiger partial charge in [0.2, 0.25) is 11.8 Å². The minimum absolute atomic E-state index is 0.00856. The third-order valence-corrected chi connectivity index (χ3v) is 1.79. The average Bonchev–Trinajstić information content (AvgIpc) is 2.21. The summed E-state index contributed by atoms with van der Waals surface area (Å²) in [4.78, 5) is 25.7. The van der Waals surface area contributed by atoms with Crippen molar-refractivity contribution in [3.8, 4) is 0 Å². The molecular weight excluding hydrogens is 210 g/mol. The number of hydrogen-bond acceptors (Lipinski definition) is 3. The standard InChI is InChI=1S/C9H17N5O2/c1-2-7(15)14-6(8(10)16)4-3-5-13-9(11)12/h2,6H,1,3-5H2,(H2,10,16)(H,14,15)(H4,11,12,13)/t6-/m0/s1. The van der Waals surface area contributed by atoms with Gasteiger partial charge in [0.25, 0.3) is 0 Å². The van der Waals surface area contributed by atoms with E-state index in [9.17, 15) is 9.59 Å². The van der Waals surface area contributed by atoms with Gasteiger partial charge < -0.3 is 22.5 Å². The molecule has 0 aliphatic heterocycles. The Bertz CT molecular complexity index is 296. The number of nitrogens with one attached hydrogen (secondary N) is 1. The fraction of sp³-hybridized carbons (Fsp3) is 0.444. The van der Waals surface area contributed by atoms with E-state index in [0.29, 0.717) is 19.4 Å². The highest BCUT2D eigenvalue weighted by Gasteiger charge is 2.15. The molecule has 0 aliphatic carbocycles. The second-order valence-corrected chi connectivity index (χ2v) is 3.12. The molecule has 90 valence electrons. The molecule has 0 saturated heterocycles. The number of nitrogens with zero attached hydrogens (tertiary/aromatic N) is 1. The summed E-state index contributed by atoms with van der Waals surface area (Å²) in [7, 11) is 0. The largest absolute Gasteiger partial charge is 0.370 e. The molecule has 0 rings (SSSR count). The van der Waals surface area contributed by atoms with E-state index < -0.39 is 17.9 Å². The molecular formula is C9H17N5O2. The van der Waals surface area contributed by atoms with Crippen LogP contribution in [0.2, 0.25) is 0 Å². The minimum Gasteiger partial charge on any atom is -0.370 e. The molecule has 0 heterocycles. The van der Waals surface area contributed by atoms with Crippen LogP contribution in [-0.4, -0.2) is 30.4 Å². The number of hydrogen-bond donors (Lipinski definition) is 4. The molecule has 7 heteroatoms. The van der Waals surface area contributed by atoms with Crippen molar-refractivity contribution < 1.29 is 9.59 Å². The van der Waals surface area contributed by atoms with Crippen molar-refractivity contribution in [1.82, 2.24) is 5.32 Å². The van der Waals surface area contributed by atoms with Crippen molar-refractivity contribution in [2.45, 2.75) is 18.9 Å². The van der Waals surface area contributed by atoms with E-state index in [0.717, 1.165) is 6.08 Å². The highest BCUT2D eigenvalue weighted by Crippen LogP contribution is 1.97. The van der Waals surface area contributed by atoms with E-state index in [1.807, 2.05) is 0 Å². The maximum absolute atomic E-state index is 11.0. The monoisotopic (exact) mass is 227 g/mol. The summed E-state index contributed by atoms with van der Waals surface area (Å²) in [5, 5.41) is 2.41. The molecule has 2 amide bonds. The molecule has 0 spiro atoms. The number of rotatable bonds is 7. The summed E-state index contributed by atoms with van der Waals surface area (Å²) in [6, 6.07) is -0.723. The molecule has 0 aliphatic rings. The van der Waals surface area contributed by atoms with Gasteiger partial charge in [0.05, 0.1) is 0 Å². The molecule has 0 radical (unpaired) electrons. The fourth-order valence-electron chi connectivity index (χ4n) is 1.02. The number of nitrogens with two attached hydrogens (primary N) is 3. The van der Waals surface area contributed by atoms with Gasteiger partial charge in [-0.1, -0.05) is 6.58 Å². The van der Waals surface area contributed by atoms with Crippen LogP contribution in [0.15, 0.2) is 17.6 Å². The first-order valence-electron chi connectivity index (χ1n) is 4.75. The lowest BCUT2D eigenvalue weighted by atomic mass is 10.1. The summed E-state index contributed by atoms with van der Waals surface area (Å²) < 4.78 is 0. The number of amides is 2. The fourth-order valence-corrected chi connectivity index (χ4v) is 1.02. The predicted octanol–water partition coefficient (Wildman–Crippen LogP) is -1.80. The van der Waals surface area contributed by atoms with Crippen LogP contribution in [-0.2, 0) is 9.59 Å². The van der Waals surface area contributed by atoms with Crippen LogP contribution < -0.4 is 22.5 Å². The van der Waals surface area contributed by atoms with E-state index in [4.69, 9.17) is 17.2 Å². The molecule has 16 heavy (non-hydrogen) atoms. The number of aliphatic imine (C=N–C) groups is 1. The summed E-state index contributed by atoms with van der Waals surface area (Å²) in [6.45, 7) is 3.66. The molecule has 0 bridgehead atoms. The lowest BCUT2D eigenvalue weighted by Gasteiger charge is -2.13. The van der Waals surface area contributed by atoms with Crippen molar-refractivity contribution in [3.63, 3.8) is 0 Å². The summed E-state index contributed by atoms with van der Waals surface area (Å²) in [5.41, 5.74) is 15.4. The van der Waals surface area contributed by atoms with Crippen LogP contribution in [0.3, 0.4) is 0 Å². The van der Waals surface area contributed by atoms with Crippen molar-refractivity contribution >= 4 is 17.8 Å². The first-order chi connectivity index (χ1) is 7.47. The molecule has 7 N–H and O–H groups in total. The topological polar surface area (TPSA) is 137 Å². The Morgan fingerprint density at radius 1 is 1.38 bits per heavy atom. The van der Waals surface area contributed by atoms with Gasteiger partial charge in [-0.2, -0.15) is 0 Å². The van der Waals surface area contributed by atoms with E-state index in [1.54, 1.807) is 0 Å². The first kappa shape index (κ1) is 13.9. The second-order valence-electron chi connectivity index (χ2n) is 3.12. The normalized spacial score (nSPS) is 11.2. The van der Waals surface area contributed by atoms with E-state index >= 15 is 0 Å². The molecule has 0 aromatic rings. The zero-order valence-corrected chi connectivity index (χ0v) is 8.98. The van der Waals surface area contributed by atoms with Crippen molar-refractivity contribution in [2.24, 2.45) is 22.2 Å². The second kappa shape index (κ2) is 7.27. The Hall–Kier alpha value is -2.05. The summed E-state index contributed by atoms with van der Waals surface area (Å²) in [5.74, 6) is -1.05. The predicted molar refractivity (Wildman–Crippen MR) is 61.2 cm³/mol. The molecule has 0 saturated carbocycles. The van der Waals surface area contributed by atoms with Crippen LogP contribution in [0.1, 0.15) is 12.8 Å². The maximum atomic E-state index is 11.0. The Labute approximate surface area is 93.8 Å². The number of carbonyl (C=O) groups is 2. The quantitative estimate of drug-likeness (QED) is 0.176. The molecule has 0 fully saturated rings. The lowest BCUT2D eigenvalue weighted by molar-refractivity contribution is -0.125. The number of primary amides is 1. The Balaban J connectivity index is 4.05. The van der Waals surface area contributed by atoms with Crippen LogP contribution in [0.25, 0.3) is 0 Å². The van der Waals surface area contributed by atoms with E-state index in [1.165, 1.54) is 0 Å². The van der Waals surface area contributed by atoms with Crippen LogP contribution in [0, 0.1) is 0 Å². The Morgan fingerprint density at radius 2 is 2.00 bits per heavy atom. The molecule has 0 aromatic heterocycles. The van der Waals surface area contributed by atoms with Crippen LogP contribution in [0.5, 0.6) is 0 Å². The van der Waals surface area contributed by atoms with Gasteiger partial charge in [-0.05, 0) is 18.9 Å². The molecule has 7 nitrogen and oxygen atoms in total. The molecule has 0 unspecified atom stereocenters. The summed E-state index contributed by atoms with van der Waals surface area (Å²) >= 11 is 0. The van der Waals surface area contributed by atoms with Gasteiger partial charge in [0.1, 0.15) is 6.04 Å². The van der Waals surface area contributed by atoms with Crippen molar-refractivity contribution in [1.29, 1.82) is 0 Å². The summed E-state index contributed by atoms with van der Waals surface area (Å²) in [6.07, 6.45) is 2.00. The van der Waals surface area contributed by atoms with Gasteiger partial charge in [0, 0.05) is 6.54 Å². The van der Waals surface area contributed by atoms with E-state index in [-0.39, 0.29) is 5.96 Å². The lowest BCUT2D eigenvalue weighted by Crippen LogP contribution is -2.43. The van der Waals surface area contributed by atoms with Crippen molar-refractivity contribution in [3.05, 3.63) is 12.7 Å². The van der Waals surface area contributed by atoms with Crippen LogP contribution >= 0.6 is 0 Å². The van der Waals surface area contributed by atoms with Crippen LogP contribution in [0.4, 0.5) is 0 Å². The Kier molecular flexibility index (Phi) is 6.34. The Morgan fingerprint density at radius 3 is 2.44 bits per heavy atom. The average molecular weight is 227 g/mol. The van der Waals surface area contributed by atoms with Gasteiger partial charge in [-0.25, -0.2) is 0 Å².